The quantitative estimate of drug-likeness (QED) is 0.940. The van der Waals surface area contributed by atoms with Crippen molar-refractivity contribution in [1.29, 1.82) is 5.26 Å². The van der Waals surface area contributed by atoms with E-state index in [9.17, 15) is 0 Å². The molecule has 0 aliphatic rings. The molecular formula is C13H10BrN3. The first-order valence-electron chi connectivity index (χ1n) is 5.12. The monoisotopic (exact) mass is 287 g/mol. The van der Waals surface area contributed by atoms with Crippen LogP contribution in [-0.2, 0) is 0 Å². The highest BCUT2D eigenvalue weighted by Crippen LogP contribution is 2.18. The van der Waals surface area contributed by atoms with Crippen molar-refractivity contribution in [2.24, 2.45) is 0 Å². The van der Waals surface area contributed by atoms with Crippen LogP contribution in [0.2, 0.25) is 0 Å². The van der Waals surface area contributed by atoms with Gasteiger partial charge >= 0.3 is 0 Å². The Morgan fingerprint density at radius 3 is 2.53 bits per heavy atom. The van der Waals surface area contributed by atoms with Crippen molar-refractivity contribution in [1.82, 2.24) is 4.98 Å². The number of anilines is 1. The van der Waals surface area contributed by atoms with Crippen LogP contribution >= 0.6 is 15.9 Å². The molecule has 0 aliphatic heterocycles. The standard InChI is InChI=1S/C13H10BrN3/c14-10-6-7-12(16-9-10)13(8-15)17-11-4-2-1-3-5-11/h1-7,9,13,17H. The van der Waals surface area contributed by atoms with Crippen molar-refractivity contribution in [3.05, 3.63) is 58.8 Å². The molecule has 1 aromatic carbocycles. The molecule has 2 rings (SSSR count). The van der Waals surface area contributed by atoms with Crippen molar-refractivity contribution in [2.45, 2.75) is 6.04 Å². The average Bonchev–Trinajstić information content (AvgIpc) is 2.38. The zero-order valence-electron chi connectivity index (χ0n) is 8.97. The molecule has 0 bridgehead atoms. The van der Waals surface area contributed by atoms with E-state index < -0.39 is 6.04 Å². The van der Waals surface area contributed by atoms with E-state index in [2.05, 4.69) is 32.3 Å². The van der Waals surface area contributed by atoms with Gasteiger partial charge in [-0.25, -0.2) is 0 Å². The molecule has 1 unspecified atom stereocenters. The van der Waals surface area contributed by atoms with Gasteiger partial charge in [0, 0.05) is 16.4 Å². The minimum absolute atomic E-state index is 0.439. The number of pyridine rings is 1. The second kappa shape index (κ2) is 5.46. The maximum atomic E-state index is 9.15. The molecule has 0 amide bonds. The van der Waals surface area contributed by atoms with E-state index in [0.29, 0.717) is 5.69 Å². The van der Waals surface area contributed by atoms with Gasteiger partial charge in [-0.15, -0.1) is 0 Å². The van der Waals surface area contributed by atoms with Gasteiger partial charge in [-0.2, -0.15) is 5.26 Å². The zero-order chi connectivity index (χ0) is 12.1. The molecule has 0 spiro atoms. The van der Waals surface area contributed by atoms with Gasteiger partial charge in [-0.3, -0.25) is 4.98 Å². The second-order valence-corrected chi connectivity index (χ2v) is 4.39. The third kappa shape index (κ3) is 3.05. The predicted molar refractivity (Wildman–Crippen MR) is 70.4 cm³/mol. The Hall–Kier alpha value is -1.86. The lowest BCUT2D eigenvalue weighted by molar-refractivity contribution is 0.932. The first-order chi connectivity index (χ1) is 8.29. The van der Waals surface area contributed by atoms with E-state index in [-0.39, 0.29) is 0 Å². The number of hydrogen-bond acceptors (Lipinski definition) is 3. The van der Waals surface area contributed by atoms with E-state index in [1.165, 1.54) is 0 Å². The highest BCUT2D eigenvalue weighted by Gasteiger charge is 2.10. The molecule has 0 radical (unpaired) electrons. The summed E-state index contributed by atoms with van der Waals surface area (Å²) in [5, 5.41) is 12.3. The summed E-state index contributed by atoms with van der Waals surface area (Å²) >= 11 is 3.32. The lowest BCUT2D eigenvalue weighted by Gasteiger charge is -2.12. The number of nitrogens with zero attached hydrogens (tertiary/aromatic N) is 2. The zero-order valence-corrected chi connectivity index (χ0v) is 10.6. The smallest absolute Gasteiger partial charge is 0.157 e. The van der Waals surface area contributed by atoms with Gasteiger partial charge in [-0.1, -0.05) is 18.2 Å². The molecule has 1 atom stereocenters. The number of benzene rings is 1. The van der Waals surface area contributed by atoms with Crippen molar-refractivity contribution in [3.63, 3.8) is 0 Å². The Bertz CT molecular complexity index is 517. The molecule has 0 fully saturated rings. The molecular weight excluding hydrogens is 278 g/mol. The number of nitriles is 1. The molecule has 0 aliphatic carbocycles. The number of nitrogens with one attached hydrogen (secondary N) is 1. The number of halogens is 1. The molecule has 84 valence electrons. The second-order valence-electron chi connectivity index (χ2n) is 3.47. The molecule has 0 saturated carbocycles. The molecule has 0 saturated heterocycles. The summed E-state index contributed by atoms with van der Waals surface area (Å²) in [4.78, 5) is 4.21. The summed E-state index contributed by atoms with van der Waals surface area (Å²) in [6, 6.07) is 15.1. The van der Waals surface area contributed by atoms with Crippen molar-refractivity contribution >= 4 is 21.6 Å². The topological polar surface area (TPSA) is 48.7 Å². The number of para-hydroxylation sites is 1. The van der Waals surface area contributed by atoms with Crippen LogP contribution in [0.5, 0.6) is 0 Å². The Morgan fingerprint density at radius 2 is 1.94 bits per heavy atom. The fourth-order valence-corrected chi connectivity index (χ4v) is 1.67. The first kappa shape index (κ1) is 11.6. The van der Waals surface area contributed by atoms with Crippen molar-refractivity contribution in [2.75, 3.05) is 5.32 Å². The summed E-state index contributed by atoms with van der Waals surface area (Å²) in [5.74, 6) is 0. The van der Waals surface area contributed by atoms with Gasteiger partial charge in [0.15, 0.2) is 6.04 Å². The van der Waals surface area contributed by atoms with Crippen LogP contribution in [0.25, 0.3) is 0 Å². The van der Waals surface area contributed by atoms with Crippen LogP contribution < -0.4 is 5.32 Å². The fraction of sp³-hybridized carbons (Fsp3) is 0.0769. The molecule has 4 heteroatoms. The average molecular weight is 288 g/mol. The minimum atomic E-state index is -0.439. The summed E-state index contributed by atoms with van der Waals surface area (Å²) in [5.41, 5.74) is 1.61. The normalized spacial score (nSPS) is 11.5. The van der Waals surface area contributed by atoms with Crippen LogP contribution in [0.1, 0.15) is 11.7 Å². The Kier molecular flexibility index (Phi) is 3.73. The van der Waals surface area contributed by atoms with Gasteiger partial charge in [0.05, 0.1) is 11.8 Å². The van der Waals surface area contributed by atoms with Gasteiger partial charge < -0.3 is 5.32 Å². The SMILES string of the molecule is N#CC(Nc1ccccc1)c1ccc(Br)cn1. The van der Waals surface area contributed by atoms with Gasteiger partial charge in [0.2, 0.25) is 0 Å². The minimum Gasteiger partial charge on any atom is -0.365 e. The number of rotatable bonds is 3. The van der Waals surface area contributed by atoms with Crippen molar-refractivity contribution < 1.29 is 0 Å². The largest absolute Gasteiger partial charge is 0.365 e. The van der Waals surface area contributed by atoms with Crippen LogP contribution in [0.3, 0.4) is 0 Å². The third-order valence-electron chi connectivity index (χ3n) is 2.26. The van der Waals surface area contributed by atoms with Crippen LogP contribution in [-0.4, -0.2) is 4.98 Å². The summed E-state index contributed by atoms with van der Waals surface area (Å²) in [6.45, 7) is 0. The molecule has 1 N–H and O–H groups in total. The highest BCUT2D eigenvalue weighted by atomic mass is 79.9. The first-order valence-corrected chi connectivity index (χ1v) is 5.91. The summed E-state index contributed by atoms with van der Waals surface area (Å²) in [7, 11) is 0. The number of aromatic nitrogens is 1. The lowest BCUT2D eigenvalue weighted by atomic mass is 10.2. The highest BCUT2D eigenvalue weighted by molar-refractivity contribution is 9.10. The maximum Gasteiger partial charge on any atom is 0.157 e. The Balaban J connectivity index is 2.18. The van der Waals surface area contributed by atoms with Crippen LogP contribution in [0.15, 0.2) is 53.1 Å². The lowest BCUT2D eigenvalue weighted by Crippen LogP contribution is -2.09. The van der Waals surface area contributed by atoms with Crippen molar-refractivity contribution in [3.8, 4) is 6.07 Å². The summed E-state index contributed by atoms with van der Waals surface area (Å²) in [6.07, 6.45) is 1.69. The van der Waals surface area contributed by atoms with Gasteiger partial charge in [-0.05, 0) is 40.2 Å². The van der Waals surface area contributed by atoms with E-state index in [4.69, 9.17) is 5.26 Å². The molecule has 1 heterocycles. The predicted octanol–water partition coefficient (Wildman–Crippen LogP) is 3.52. The molecule has 2 aromatic rings. The number of hydrogen-bond donors (Lipinski definition) is 1. The Labute approximate surface area is 108 Å². The molecule has 17 heavy (non-hydrogen) atoms. The van der Waals surface area contributed by atoms with E-state index in [1.807, 2.05) is 42.5 Å². The summed E-state index contributed by atoms with van der Waals surface area (Å²) < 4.78 is 0.901. The van der Waals surface area contributed by atoms with E-state index in [1.54, 1.807) is 6.20 Å². The fourth-order valence-electron chi connectivity index (χ4n) is 1.43. The van der Waals surface area contributed by atoms with Gasteiger partial charge in [0.1, 0.15) is 0 Å². The van der Waals surface area contributed by atoms with E-state index >= 15 is 0 Å². The van der Waals surface area contributed by atoms with Gasteiger partial charge in [0.25, 0.3) is 0 Å². The van der Waals surface area contributed by atoms with Crippen LogP contribution in [0, 0.1) is 11.3 Å². The van der Waals surface area contributed by atoms with Crippen LogP contribution in [0.4, 0.5) is 5.69 Å². The van der Waals surface area contributed by atoms with E-state index in [0.717, 1.165) is 10.2 Å². The third-order valence-corrected chi connectivity index (χ3v) is 2.73. The molecule has 3 nitrogen and oxygen atoms in total. The molecule has 1 aromatic heterocycles. The Morgan fingerprint density at radius 1 is 1.18 bits per heavy atom. The maximum absolute atomic E-state index is 9.15.